The van der Waals surface area contributed by atoms with Crippen molar-refractivity contribution in [2.75, 3.05) is 48.4 Å². The van der Waals surface area contributed by atoms with Crippen LogP contribution in [0, 0.1) is 0 Å². The van der Waals surface area contributed by atoms with Crippen LogP contribution >= 0.6 is 0 Å². The number of hydrogen-bond acceptors (Lipinski definition) is 5. The number of nitrogens with zero attached hydrogens (tertiary/aromatic N) is 1. The molecular weight excluding hydrogens is 330 g/mol. The summed E-state index contributed by atoms with van der Waals surface area (Å²) in [6, 6.07) is 14.9. The van der Waals surface area contributed by atoms with Gasteiger partial charge in [0.1, 0.15) is 0 Å². The lowest BCUT2D eigenvalue weighted by molar-refractivity contribution is -0.114. The van der Waals surface area contributed by atoms with Gasteiger partial charge in [0.05, 0.1) is 31.1 Å². The van der Waals surface area contributed by atoms with Crippen molar-refractivity contribution in [2.24, 2.45) is 0 Å². The third kappa shape index (κ3) is 4.61. The second-order valence-electron chi connectivity index (χ2n) is 6.16. The highest BCUT2D eigenvalue weighted by Crippen LogP contribution is 2.26. The van der Waals surface area contributed by atoms with Gasteiger partial charge in [-0.25, -0.2) is 0 Å². The zero-order valence-electron chi connectivity index (χ0n) is 14.8. The van der Waals surface area contributed by atoms with Crippen molar-refractivity contribution in [2.45, 2.75) is 6.92 Å². The number of para-hydroxylation sites is 2. The Hall–Kier alpha value is -2.86. The first-order valence-corrected chi connectivity index (χ1v) is 8.70. The van der Waals surface area contributed by atoms with Gasteiger partial charge in [0.2, 0.25) is 5.91 Å². The molecular formula is C20H23N3O3. The van der Waals surface area contributed by atoms with Crippen LogP contribution < -0.4 is 15.5 Å². The lowest BCUT2D eigenvalue weighted by atomic mass is 10.1. The van der Waals surface area contributed by atoms with Gasteiger partial charge in [0.25, 0.3) is 0 Å². The van der Waals surface area contributed by atoms with Crippen LogP contribution in [0.3, 0.4) is 0 Å². The molecule has 0 aliphatic carbocycles. The molecule has 0 radical (unpaired) electrons. The van der Waals surface area contributed by atoms with E-state index in [0.29, 0.717) is 18.8 Å². The monoisotopic (exact) mass is 353 g/mol. The number of nitrogens with one attached hydrogen (secondary N) is 2. The van der Waals surface area contributed by atoms with Gasteiger partial charge >= 0.3 is 0 Å². The van der Waals surface area contributed by atoms with Gasteiger partial charge in [-0.3, -0.25) is 9.59 Å². The SMILES string of the molecule is CC(=O)c1cccc(NCC(=O)Nc2ccccc2N2CCOCC2)c1. The van der Waals surface area contributed by atoms with E-state index in [1.807, 2.05) is 30.3 Å². The van der Waals surface area contributed by atoms with Crippen LogP contribution in [0.1, 0.15) is 17.3 Å². The van der Waals surface area contributed by atoms with E-state index in [1.54, 1.807) is 18.2 Å². The van der Waals surface area contributed by atoms with E-state index in [1.165, 1.54) is 6.92 Å². The first kappa shape index (κ1) is 17.9. The number of benzene rings is 2. The van der Waals surface area contributed by atoms with Crippen LogP contribution in [0.15, 0.2) is 48.5 Å². The van der Waals surface area contributed by atoms with Crippen LogP contribution in [0.25, 0.3) is 0 Å². The normalized spacial score (nSPS) is 14.0. The molecule has 0 bridgehead atoms. The van der Waals surface area contributed by atoms with E-state index >= 15 is 0 Å². The van der Waals surface area contributed by atoms with Crippen LogP contribution in [0.4, 0.5) is 17.1 Å². The Morgan fingerprint density at radius 2 is 1.85 bits per heavy atom. The van der Waals surface area contributed by atoms with Crippen LogP contribution in [0.5, 0.6) is 0 Å². The first-order valence-electron chi connectivity index (χ1n) is 8.70. The molecule has 2 aromatic rings. The summed E-state index contributed by atoms with van der Waals surface area (Å²) in [5.74, 6) is -0.142. The van der Waals surface area contributed by atoms with Crippen molar-refractivity contribution < 1.29 is 14.3 Å². The third-order valence-electron chi connectivity index (χ3n) is 4.25. The van der Waals surface area contributed by atoms with E-state index < -0.39 is 0 Å². The molecule has 26 heavy (non-hydrogen) atoms. The minimum atomic E-state index is -0.140. The van der Waals surface area contributed by atoms with Crippen LogP contribution in [-0.4, -0.2) is 44.5 Å². The lowest BCUT2D eigenvalue weighted by Gasteiger charge is -2.30. The van der Waals surface area contributed by atoms with Crippen molar-refractivity contribution >= 4 is 28.8 Å². The van der Waals surface area contributed by atoms with Crippen molar-refractivity contribution in [3.8, 4) is 0 Å². The van der Waals surface area contributed by atoms with E-state index in [0.717, 1.165) is 30.2 Å². The average Bonchev–Trinajstić information content (AvgIpc) is 2.68. The standard InChI is InChI=1S/C20H23N3O3/c1-15(24)16-5-4-6-17(13-16)21-14-20(25)22-18-7-2-3-8-19(18)23-9-11-26-12-10-23/h2-8,13,21H,9-12,14H2,1H3,(H,22,25). The number of hydrogen-bond donors (Lipinski definition) is 2. The Balaban J connectivity index is 1.62. The highest BCUT2D eigenvalue weighted by atomic mass is 16.5. The molecule has 136 valence electrons. The summed E-state index contributed by atoms with van der Waals surface area (Å²) in [5.41, 5.74) is 3.16. The van der Waals surface area contributed by atoms with Crippen LogP contribution in [0.2, 0.25) is 0 Å². The van der Waals surface area contributed by atoms with Crippen molar-refractivity contribution in [1.82, 2.24) is 0 Å². The Morgan fingerprint density at radius 3 is 2.62 bits per heavy atom. The number of ether oxygens (including phenoxy) is 1. The number of carbonyl (C=O) groups excluding carboxylic acids is 2. The maximum atomic E-state index is 12.4. The maximum Gasteiger partial charge on any atom is 0.243 e. The molecule has 1 aliphatic rings. The molecule has 1 saturated heterocycles. The maximum absolute atomic E-state index is 12.4. The zero-order valence-corrected chi connectivity index (χ0v) is 14.8. The molecule has 0 aromatic heterocycles. The molecule has 6 nitrogen and oxygen atoms in total. The molecule has 6 heteroatoms. The quantitative estimate of drug-likeness (QED) is 0.782. The lowest BCUT2D eigenvalue weighted by Crippen LogP contribution is -2.37. The molecule has 2 N–H and O–H groups in total. The molecule has 1 aliphatic heterocycles. The first-order chi connectivity index (χ1) is 12.6. The van der Waals surface area contributed by atoms with Gasteiger partial charge in [0, 0.05) is 24.3 Å². The van der Waals surface area contributed by atoms with Crippen LogP contribution in [-0.2, 0) is 9.53 Å². The topological polar surface area (TPSA) is 70.7 Å². The van der Waals surface area contributed by atoms with Crippen molar-refractivity contribution in [1.29, 1.82) is 0 Å². The fourth-order valence-electron chi connectivity index (χ4n) is 2.88. The van der Waals surface area contributed by atoms with Crippen molar-refractivity contribution in [3.05, 3.63) is 54.1 Å². The molecule has 1 amide bonds. The smallest absolute Gasteiger partial charge is 0.243 e. The van der Waals surface area contributed by atoms with Gasteiger partial charge < -0.3 is 20.3 Å². The summed E-state index contributed by atoms with van der Waals surface area (Å²) >= 11 is 0. The van der Waals surface area contributed by atoms with Gasteiger partial charge in [0.15, 0.2) is 5.78 Å². The summed E-state index contributed by atoms with van der Waals surface area (Å²) in [7, 11) is 0. The Labute approximate surface area is 153 Å². The number of anilines is 3. The zero-order chi connectivity index (χ0) is 18.4. The van der Waals surface area contributed by atoms with E-state index in [2.05, 4.69) is 15.5 Å². The largest absolute Gasteiger partial charge is 0.378 e. The van der Waals surface area contributed by atoms with E-state index in [4.69, 9.17) is 4.74 Å². The average molecular weight is 353 g/mol. The summed E-state index contributed by atoms with van der Waals surface area (Å²) in [5, 5.41) is 6.03. The highest BCUT2D eigenvalue weighted by molar-refractivity contribution is 5.97. The van der Waals surface area contributed by atoms with E-state index in [-0.39, 0.29) is 18.2 Å². The number of morpholine rings is 1. The predicted molar refractivity (Wildman–Crippen MR) is 103 cm³/mol. The summed E-state index contributed by atoms with van der Waals surface area (Å²) in [6.07, 6.45) is 0. The molecule has 2 aromatic carbocycles. The Morgan fingerprint density at radius 1 is 1.08 bits per heavy atom. The summed E-state index contributed by atoms with van der Waals surface area (Å²) in [6.45, 7) is 4.64. The third-order valence-corrected chi connectivity index (χ3v) is 4.25. The number of carbonyl (C=O) groups is 2. The Bertz CT molecular complexity index is 785. The summed E-state index contributed by atoms with van der Waals surface area (Å²) in [4.78, 5) is 26.0. The van der Waals surface area contributed by atoms with Gasteiger partial charge in [-0.15, -0.1) is 0 Å². The molecule has 1 heterocycles. The van der Waals surface area contributed by atoms with Crippen molar-refractivity contribution in [3.63, 3.8) is 0 Å². The molecule has 0 unspecified atom stereocenters. The number of rotatable bonds is 6. The second kappa shape index (κ2) is 8.49. The minimum Gasteiger partial charge on any atom is -0.378 e. The number of Topliss-reactive ketones (excluding diaryl/α,β-unsaturated/α-hetero) is 1. The van der Waals surface area contributed by atoms with E-state index in [9.17, 15) is 9.59 Å². The Kier molecular flexibility index (Phi) is 5.86. The number of amides is 1. The fourth-order valence-corrected chi connectivity index (χ4v) is 2.88. The molecule has 0 spiro atoms. The molecule has 1 fully saturated rings. The molecule has 0 atom stereocenters. The molecule has 0 saturated carbocycles. The second-order valence-corrected chi connectivity index (χ2v) is 6.16. The van der Waals surface area contributed by atoms with Gasteiger partial charge in [-0.2, -0.15) is 0 Å². The molecule has 3 rings (SSSR count). The van der Waals surface area contributed by atoms with Gasteiger partial charge in [-0.05, 0) is 31.2 Å². The summed E-state index contributed by atoms with van der Waals surface area (Å²) < 4.78 is 5.39. The fraction of sp³-hybridized carbons (Fsp3) is 0.300. The van der Waals surface area contributed by atoms with Gasteiger partial charge in [-0.1, -0.05) is 24.3 Å². The predicted octanol–water partition coefficient (Wildman–Crippen LogP) is 2.78. The number of ketones is 1. The highest BCUT2D eigenvalue weighted by Gasteiger charge is 2.15. The minimum absolute atomic E-state index is 0.00228.